The van der Waals surface area contributed by atoms with Crippen LogP contribution in [0.4, 0.5) is 5.13 Å². The highest BCUT2D eigenvalue weighted by molar-refractivity contribution is 7.22. The van der Waals surface area contributed by atoms with Gasteiger partial charge in [0.2, 0.25) is 0 Å². The molecule has 1 unspecified atom stereocenters. The number of aromatic nitrogens is 2. The van der Waals surface area contributed by atoms with Crippen molar-refractivity contribution in [3.8, 4) is 11.5 Å². The zero-order valence-electron chi connectivity index (χ0n) is 15.7. The van der Waals surface area contributed by atoms with Gasteiger partial charge < -0.3 is 20.7 Å². The topological polar surface area (TPSA) is 88.2 Å². The van der Waals surface area contributed by atoms with Crippen LogP contribution in [0.15, 0.2) is 36.5 Å². The van der Waals surface area contributed by atoms with E-state index in [1.807, 2.05) is 18.2 Å². The van der Waals surface area contributed by atoms with E-state index < -0.39 is 0 Å². The highest BCUT2D eigenvalue weighted by atomic mass is 32.1. The van der Waals surface area contributed by atoms with Crippen molar-refractivity contribution >= 4 is 32.6 Å². The number of benzene rings is 1. The standard InChI is InChI=1S/C20H23N5O2S/c1-21-19(26)17-11-15(7-10-23-17)27-14-4-5-16-18(12-14)28-20(25-16)24-9-6-13-3-2-8-22-13/h4-5,7,10-13,22H,2-3,6,8-9H2,1H3,(H,21,26)(H,24,25). The van der Waals surface area contributed by atoms with Crippen molar-refractivity contribution in [2.24, 2.45) is 0 Å². The van der Waals surface area contributed by atoms with Gasteiger partial charge in [0.15, 0.2) is 5.13 Å². The van der Waals surface area contributed by atoms with Gasteiger partial charge in [0, 0.05) is 38.0 Å². The van der Waals surface area contributed by atoms with Gasteiger partial charge in [-0.3, -0.25) is 9.78 Å². The molecule has 7 nitrogen and oxygen atoms in total. The summed E-state index contributed by atoms with van der Waals surface area (Å²) >= 11 is 1.62. The molecule has 0 aliphatic carbocycles. The van der Waals surface area contributed by atoms with Gasteiger partial charge in [0.1, 0.15) is 17.2 Å². The van der Waals surface area contributed by atoms with Gasteiger partial charge in [-0.15, -0.1) is 0 Å². The number of amides is 1. The molecule has 146 valence electrons. The summed E-state index contributed by atoms with van der Waals surface area (Å²) in [5.41, 5.74) is 1.27. The highest BCUT2D eigenvalue weighted by Crippen LogP contribution is 2.31. The van der Waals surface area contributed by atoms with Crippen LogP contribution in [0.25, 0.3) is 10.2 Å². The third-order valence-electron chi connectivity index (χ3n) is 4.72. The predicted octanol–water partition coefficient (Wildman–Crippen LogP) is 3.40. The van der Waals surface area contributed by atoms with Gasteiger partial charge in [-0.1, -0.05) is 11.3 Å². The fourth-order valence-electron chi connectivity index (χ4n) is 3.26. The summed E-state index contributed by atoms with van der Waals surface area (Å²) < 4.78 is 6.97. The van der Waals surface area contributed by atoms with Crippen LogP contribution in [-0.2, 0) is 0 Å². The predicted molar refractivity (Wildman–Crippen MR) is 111 cm³/mol. The Bertz CT molecular complexity index is 968. The largest absolute Gasteiger partial charge is 0.457 e. The zero-order valence-corrected chi connectivity index (χ0v) is 16.5. The molecule has 3 N–H and O–H groups in total. The van der Waals surface area contributed by atoms with Crippen LogP contribution >= 0.6 is 11.3 Å². The van der Waals surface area contributed by atoms with Crippen molar-refractivity contribution in [1.82, 2.24) is 20.6 Å². The number of thiazole rings is 1. The van der Waals surface area contributed by atoms with Crippen LogP contribution in [0.1, 0.15) is 29.8 Å². The Hall–Kier alpha value is -2.71. The minimum absolute atomic E-state index is 0.244. The van der Waals surface area contributed by atoms with E-state index in [0.717, 1.165) is 34.9 Å². The number of fused-ring (bicyclic) bond motifs is 1. The first-order valence-electron chi connectivity index (χ1n) is 9.45. The van der Waals surface area contributed by atoms with E-state index in [1.165, 1.54) is 12.8 Å². The summed E-state index contributed by atoms with van der Waals surface area (Å²) in [5, 5.41) is 10.4. The number of hydrogen-bond acceptors (Lipinski definition) is 7. The second-order valence-electron chi connectivity index (χ2n) is 6.72. The summed E-state index contributed by atoms with van der Waals surface area (Å²) in [6.07, 6.45) is 5.21. The van der Waals surface area contributed by atoms with E-state index >= 15 is 0 Å². The zero-order chi connectivity index (χ0) is 19.3. The average molecular weight is 398 g/mol. The Morgan fingerprint density at radius 1 is 1.32 bits per heavy atom. The molecule has 1 saturated heterocycles. The SMILES string of the molecule is CNC(=O)c1cc(Oc2ccc3nc(NCCC4CCCN4)sc3c2)ccn1. The van der Waals surface area contributed by atoms with E-state index in [4.69, 9.17) is 4.74 Å². The maximum absolute atomic E-state index is 11.7. The van der Waals surface area contributed by atoms with Crippen molar-refractivity contribution in [2.45, 2.75) is 25.3 Å². The average Bonchev–Trinajstić information content (AvgIpc) is 3.37. The number of anilines is 1. The van der Waals surface area contributed by atoms with E-state index in [0.29, 0.717) is 23.2 Å². The van der Waals surface area contributed by atoms with Crippen molar-refractivity contribution < 1.29 is 9.53 Å². The van der Waals surface area contributed by atoms with Gasteiger partial charge in [-0.2, -0.15) is 0 Å². The molecule has 0 saturated carbocycles. The first-order chi connectivity index (χ1) is 13.7. The van der Waals surface area contributed by atoms with Crippen LogP contribution in [0.5, 0.6) is 11.5 Å². The smallest absolute Gasteiger partial charge is 0.269 e. The molecule has 0 bridgehead atoms. The summed E-state index contributed by atoms with van der Waals surface area (Å²) in [5.74, 6) is 1.03. The number of carbonyl (C=O) groups excluding carboxylic acids is 1. The molecular weight excluding hydrogens is 374 g/mol. The van der Waals surface area contributed by atoms with Gasteiger partial charge >= 0.3 is 0 Å². The van der Waals surface area contributed by atoms with Gasteiger partial charge in [-0.25, -0.2) is 4.98 Å². The van der Waals surface area contributed by atoms with Crippen LogP contribution in [0.2, 0.25) is 0 Å². The fraction of sp³-hybridized carbons (Fsp3) is 0.350. The molecule has 3 aromatic rings. The Morgan fingerprint density at radius 3 is 3.04 bits per heavy atom. The first kappa shape index (κ1) is 18.6. The second kappa shape index (κ2) is 8.53. The third kappa shape index (κ3) is 4.40. The van der Waals surface area contributed by atoms with E-state index in [-0.39, 0.29) is 5.91 Å². The molecule has 8 heteroatoms. The first-order valence-corrected chi connectivity index (χ1v) is 10.3. The summed E-state index contributed by atoms with van der Waals surface area (Å²) in [4.78, 5) is 20.4. The van der Waals surface area contributed by atoms with Crippen molar-refractivity contribution in [2.75, 3.05) is 25.5 Å². The van der Waals surface area contributed by atoms with E-state index in [2.05, 4.69) is 25.9 Å². The lowest BCUT2D eigenvalue weighted by Crippen LogP contribution is -2.23. The number of pyridine rings is 1. The van der Waals surface area contributed by atoms with E-state index in [1.54, 1.807) is 36.7 Å². The lowest BCUT2D eigenvalue weighted by molar-refractivity contribution is 0.0958. The van der Waals surface area contributed by atoms with Crippen LogP contribution in [-0.4, -0.2) is 42.1 Å². The maximum atomic E-state index is 11.7. The highest BCUT2D eigenvalue weighted by Gasteiger charge is 2.13. The number of ether oxygens (including phenoxy) is 1. The molecule has 1 fully saturated rings. The molecule has 4 rings (SSSR count). The number of carbonyl (C=O) groups is 1. The Morgan fingerprint density at radius 2 is 2.21 bits per heavy atom. The molecule has 0 spiro atoms. The summed E-state index contributed by atoms with van der Waals surface area (Å²) in [7, 11) is 1.57. The molecule has 1 aliphatic heterocycles. The van der Waals surface area contributed by atoms with Crippen LogP contribution in [0, 0.1) is 0 Å². The summed E-state index contributed by atoms with van der Waals surface area (Å²) in [6.45, 7) is 2.05. The number of hydrogen-bond donors (Lipinski definition) is 3. The molecule has 0 radical (unpaired) electrons. The Labute approximate surface area is 167 Å². The van der Waals surface area contributed by atoms with Gasteiger partial charge in [-0.05, 0) is 44.0 Å². The minimum atomic E-state index is -0.244. The monoisotopic (exact) mass is 397 g/mol. The summed E-state index contributed by atoms with van der Waals surface area (Å²) in [6, 6.07) is 9.78. The van der Waals surface area contributed by atoms with Gasteiger partial charge in [0.25, 0.3) is 5.91 Å². The molecule has 1 atom stereocenters. The van der Waals surface area contributed by atoms with Crippen LogP contribution < -0.4 is 20.7 Å². The Balaban J connectivity index is 1.42. The van der Waals surface area contributed by atoms with E-state index in [9.17, 15) is 4.79 Å². The molecule has 1 amide bonds. The maximum Gasteiger partial charge on any atom is 0.269 e. The van der Waals surface area contributed by atoms with Gasteiger partial charge in [0.05, 0.1) is 10.2 Å². The molecule has 1 aromatic carbocycles. The molecule has 2 aromatic heterocycles. The number of rotatable bonds is 7. The molecule has 1 aliphatic rings. The number of nitrogens with zero attached hydrogens (tertiary/aromatic N) is 2. The molecular formula is C20H23N5O2S. The normalized spacial score (nSPS) is 16.2. The van der Waals surface area contributed by atoms with Crippen molar-refractivity contribution in [1.29, 1.82) is 0 Å². The lowest BCUT2D eigenvalue weighted by Gasteiger charge is -2.09. The lowest BCUT2D eigenvalue weighted by atomic mass is 10.2. The van der Waals surface area contributed by atoms with Crippen molar-refractivity contribution in [3.05, 3.63) is 42.2 Å². The number of nitrogens with one attached hydrogen (secondary N) is 3. The van der Waals surface area contributed by atoms with Crippen LogP contribution in [0.3, 0.4) is 0 Å². The quantitative estimate of drug-likeness (QED) is 0.566. The third-order valence-corrected chi connectivity index (χ3v) is 5.69. The molecule has 28 heavy (non-hydrogen) atoms. The Kier molecular flexibility index (Phi) is 5.68. The molecule has 3 heterocycles. The van der Waals surface area contributed by atoms with Crippen molar-refractivity contribution in [3.63, 3.8) is 0 Å². The fourth-order valence-corrected chi connectivity index (χ4v) is 4.18. The minimum Gasteiger partial charge on any atom is -0.457 e. The second-order valence-corrected chi connectivity index (χ2v) is 7.75.